The summed E-state index contributed by atoms with van der Waals surface area (Å²) >= 11 is 0. The average molecular weight is 295 g/mol. The van der Waals surface area contributed by atoms with Gasteiger partial charge in [-0.1, -0.05) is 42.5 Å². The molecule has 4 heteroatoms. The van der Waals surface area contributed by atoms with Gasteiger partial charge in [-0.15, -0.1) is 12.3 Å². The summed E-state index contributed by atoms with van der Waals surface area (Å²) in [7, 11) is 1.27. The van der Waals surface area contributed by atoms with Gasteiger partial charge in [0.15, 0.2) is 0 Å². The van der Waals surface area contributed by atoms with Crippen LogP contribution in [0.5, 0.6) is 0 Å². The summed E-state index contributed by atoms with van der Waals surface area (Å²) in [6.07, 6.45) is 5.49. The van der Waals surface area contributed by atoms with Gasteiger partial charge in [0.2, 0.25) is 5.91 Å². The second kappa shape index (κ2) is 7.28. The second-order valence-corrected chi connectivity index (χ2v) is 4.91. The molecule has 1 atom stereocenters. The topological polar surface area (TPSA) is 55.4 Å². The Morgan fingerprint density at radius 1 is 1.23 bits per heavy atom. The number of ether oxygens (including phenoxy) is 1. The minimum absolute atomic E-state index is 0.107. The van der Waals surface area contributed by atoms with Crippen molar-refractivity contribution in [2.45, 2.75) is 18.9 Å². The standard InChI is InChI=1S/C18H17NO3/c1-3-6-16(18(21)22-2)19-17(20)12-13-9-10-14-7-4-5-8-15(14)11-13/h1,4-5,7-11,16H,6,12H2,2H3,(H,19,20)/t16-/m0/s1. The zero-order chi connectivity index (χ0) is 15.9. The van der Waals surface area contributed by atoms with Crippen molar-refractivity contribution in [3.63, 3.8) is 0 Å². The Bertz CT molecular complexity index is 730. The first-order valence-corrected chi connectivity index (χ1v) is 6.92. The van der Waals surface area contributed by atoms with Crippen LogP contribution in [0.4, 0.5) is 0 Å². The van der Waals surface area contributed by atoms with E-state index in [-0.39, 0.29) is 18.7 Å². The van der Waals surface area contributed by atoms with Crippen LogP contribution < -0.4 is 5.32 Å². The zero-order valence-corrected chi connectivity index (χ0v) is 12.3. The summed E-state index contributed by atoms with van der Waals surface area (Å²) in [5.74, 6) is 1.56. The predicted octanol–water partition coefficient (Wildman–Crippen LogP) is 2.06. The first kappa shape index (κ1) is 15.6. The molecule has 0 fully saturated rings. The first-order chi connectivity index (χ1) is 10.6. The van der Waals surface area contributed by atoms with E-state index in [1.807, 2.05) is 42.5 Å². The van der Waals surface area contributed by atoms with Gasteiger partial charge in [-0.3, -0.25) is 4.79 Å². The van der Waals surface area contributed by atoms with Crippen molar-refractivity contribution in [2.24, 2.45) is 0 Å². The lowest BCUT2D eigenvalue weighted by Gasteiger charge is -2.14. The summed E-state index contributed by atoms with van der Waals surface area (Å²) in [4.78, 5) is 23.6. The number of rotatable bonds is 5. The van der Waals surface area contributed by atoms with Gasteiger partial charge in [-0.2, -0.15) is 0 Å². The smallest absolute Gasteiger partial charge is 0.329 e. The highest BCUT2D eigenvalue weighted by Gasteiger charge is 2.20. The van der Waals surface area contributed by atoms with Gasteiger partial charge in [-0.05, 0) is 16.3 Å². The molecule has 0 aliphatic heterocycles. The molecule has 0 radical (unpaired) electrons. The molecule has 0 aliphatic carbocycles. The first-order valence-electron chi connectivity index (χ1n) is 6.92. The van der Waals surface area contributed by atoms with Crippen molar-refractivity contribution in [3.05, 3.63) is 48.0 Å². The summed E-state index contributed by atoms with van der Waals surface area (Å²) in [6, 6.07) is 13.0. The molecule has 0 saturated carbocycles. The number of amides is 1. The van der Waals surface area contributed by atoms with Crippen LogP contribution in [0.3, 0.4) is 0 Å². The molecule has 0 aromatic heterocycles. The molecule has 1 N–H and O–H groups in total. The molecule has 4 nitrogen and oxygen atoms in total. The maximum Gasteiger partial charge on any atom is 0.329 e. The molecule has 0 aliphatic rings. The van der Waals surface area contributed by atoms with Crippen molar-refractivity contribution in [1.29, 1.82) is 0 Å². The van der Waals surface area contributed by atoms with Crippen molar-refractivity contribution in [2.75, 3.05) is 7.11 Å². The van der Waals surface area contributed by atoms with Gasteiger partial charge in [0.25, 0.3) is 0 Å². The summed E-state index contributed by atoms with van der Waals surface area (Å²) in [5.41, 5.74) is 0.875. The fraction of sp³-hybridized carbons (Fsp3) is 0.222. The number of hydrogen-bond donors (Lipinski definition) is 1. The van der Waals surface area contributed by atoms with Crippen molar-refractivity contribution < 1.29 is 14.3 Å². The Balaban J connectivity index is 2.06. The van der Waals surface area contributed by atoms with E-state index in [1.54, 1.807) is 0 Å². The maximum atomic E-state index is 12.1. The van der Waals surface area contributed by atoms with Gasteiger partial charge in [0.05, 0.1) is 13.5 Å². The van der Waals surface area contributed by atoms with E-state index in [0.29, 0.717) is 0 Å². The minimum atomic E-state index is -0.803. The third-order valence-electron chi connectivity index (χ3n) is 3.32. The van der Waals surface area contributed by atoms with Crippen LogP contribution in [0.25, 0.3) is 10.8 Å². The number of hydrogen-bond acceptors (Lipinski definition) is 3. The van der Waals surface area contributed by atoms with Gasteiger partial charge in [0.1, 0.15) is 6.04 Å². The minimum Gasteiger partial charge on any atom is -0.467 e. The van der Waals surface area contributed by atoms with Crippen LogP contribution in [0, 0.1) is 12.3 Å². The van der Waals surface area contributed by atoms with E-state index in [1.165, 1.54) is 7.11 Å². The Labute approximate surface area is 129 Å². The highest BCUT2D eigenvalue weighted by Crippen LogP contribution is 2.16. The van der Waals surface area contributed by atoms with Crippen molar-refractivity contribution in [3.8, 4) is 12.3 Å². The number of methoxy groups -OCH3 is 1. The van der Waals surface area contributed by atoms with E-state index in [4.69, 9.17) is 6.42 Å². The average Bonchev–Trinajstić information content (AvgIpc) is 2.53. The van der Waals surface area contributed by atoms with Crippen LogP contribution in [0.2, 0.25) is 0 Å². The third-order valence-corrected chi connectivity index (χ3v) is 3.32. The van der Waals surface area contributed by atoms with Crippen molar-refractivity contribution in [1.82, 2.24) is 5.32 Å². The molecular formula is C18H17NO3. The summed E-state index contributed by atoms with van der Waals surface area (Å²) in [5, 5.41) is 4.80. The Kier molecular flexibility index (Phi) is 5.16. The van der Waals surface area contributed by atoms with Gasteiger partial charge < -0.3 is 10.1 Å². The van der Waals surface area contributed by atoms with Crippen LogP contribution in [0.1, 0.15) is 12.0 Å². The second-order valence-electron chi connectivity index (χ2n) is 4.91. The number of terminal acetylenes is 1. The Morgan fingerprint density at radius 3 is 2.64 bits per heavy atom. The van der Waals surface area contributed by atoms with Crippen LogP contribution in [0.15, 0.2) is 42.5 Å². The SMILES string of the molecule is C#CC[C@H](NC(=O)Cc1ccc2ccccc2c1)C(=O)OC. The predicted molar refractivity (Wildman–Crippen MR) is 85.0 cm³/mol. The normalized spacial score (nSPS) is 11.5. The lowest BCUT2D eigenvalue weighted by atomic mass is 10.0. The highest BCUT2D eigenvalue weighted by atomic mass is 16.5. The lowest BCUT2D eigenvalue weighted by Crippen LogP contribution is -2.41. The number of esters is 1. The number of benzene rings is 2. The molecule has 2 aromatic carbocycles. The molecular weight excluding hydrogens is 278 g/mol. The lowest BCUT2D eigenvalue weighted by molar-refractivity contribution is -0.144. The van der Waals surface area contributed by atoms with Crippen LogP contribution >= 0.6 is 0 Å². The molecule has 112 valence electrons. The molecule has 2 rings (SSSR count). The fourth-order valence-corrected chi connectivity index (χ4v) is 2.23. The number of carbonyl (C=O) groups excluding carboxylic acids is 2. The molecule has 0 unspecified atom stereocenters. The Hall–Kier alpha value is -2.80. The summed E-state index contributed by atoms with van der Waals surface area (Å²) < 4.78 is 4.62. The quantitative estimate of drug-likeness (QED) is 0.678. The molecule has 0 spiro atoms. The molecule has 0 bridgehead atoms. The van der Waals surface area contributed by atoms with Crippen LogP contribution in [-0.4, -0.2) is 25.0 Å². The monoisotopic (exact) mass is 295 g/mol. The van der Waals surface area contributed by atoms with E-state index < -0.39 is 12.0 Å². The molecule has 1 amide bonds. The van der Waals surface area contributed by atoms with Gasteiger partial charge in [0, 0.05) is 6.42 Å². The summed E-state index contributed by atoms with van der Waals surface area (Å²) in [6.45, 7) is 0. The van der Waals surface area contributed by atoms with Gasteiger partial charge in [-0.25, -0.2) is 4.79 Å². The van der Waals surface area contributed by atoms with Crippen LogP contribution in [-0.2, 0) is 20.7 Å². The highest BCUT2D eigenvalue weighted by molar-refractivity contribution is 5.88. The van der Waals surface area contributed by atoms with E-state index >= 15 is 0 Å². The van der Waals surface area contributed by atoms with E-state index in [0.717, 1.165) is 16.3 Å². The number of fused-ring (bicyclic) bond motifs is 1. The van der Waals surface area contributed by atoms with Crippen molar-refractivity contribution >= 4 is 22.6 Å². The third kappa shape index (κ3) is 3.86. The number of nitrogens with one attached hydrogen (secondary N) is 1. The van der Waals surface area contributed by atoms with E-state index in [9.17, 15) is 9.59 Å². The van der Waals surface area contributed by atoms with E-state index in [2.05, 4.69) is 16.0 Å². The molecule has 0 heterocycles. The molecule has 22 heavy (non-hydrogen) atoms. The Morgan fingerprint density at radius 2 is 1.95 bits per heavy atom. The molecule has 0 saturated heterocycles. The zero-order valence-electron chi connectivity index (χ0n) is 12.3. The molecule has 2 aromatic rings. The maximum absolute atomic E-state index is 12.1. The number of carbonyl (C=O) groups is 2. The largest absolute Gasteiger partial charge is 0.467 e. The fourth-order valence-electron chi connectivity index (χ4n) is 2.23. The van der Waals surface area contributed by atoms with Gasteiger partial charge >= 0.3 is 5.97 Å².